The molecule has 0 amide bonds. The third kappa shape index (κ3) is 3.38. The maximum atomic E-state index is 12.2. The summed E-state index contributed by atoms with van der Waals surface area (Å²) in [5.74, 6) is 0.595. The van der Waals surface area contributed by atoms with Crippen LogP contribution in [0.1, 0.15) is 32.1 Å². The van der Waals surface area contributed by atoms with Crippen molar-refractivity contribution in [3.05, 3.63) is 28.6 Å². The Balaban J connectivity index is 2.18. The Morgan fingerprint density at radius 3 is 2.85 bits per heavy atom. The topological polar surface area (TPSA) is 76.9 Å². The van der Waals surface area contributed by atoms with E-state index in [1.807, 2.05) is 11.5 Å². The zero-order valence-corrected chi connectivity index (χ0v) is 13.5. The molecule has 1 N–H and O–H groups in total. The molecular weight excluding hydrogens is 320 g/mol. The van der Waals surface area contributed by atoms with Gasteiger partial charge in [-0.15, -0.1) is 21.5 Å². The molecule has 9 heteroatoms. The number of thiophene rings is 1. The largest absolute Gasteiger partial charge is 0.316 e. The van der Waals surface area contributed by atoms with Gasteiger partial charge >= 0.3 is 0 Å². The van der Waals surface area contributed by atoms with Crippen molar-refractivity contribution >= 4 is 33.0 Å². The summed E-state index contributed by atoms with van der Waals surface area (Å²) in [6, 6.07) is 2.58. The lowest BCUT2D eigenvalue weighted by atomic mass is 10.3. The van der Waals surface area contributed by atoms with Crippen LogP contribution in [0.3, 0.4) is 0 Å². The molecule has 2 aromatic heterocycles. The summed E-state index contributed by atoms with van der Waals surface area (Å²) in [5, 5.41) is 7.81. The minimum atomic E-state index is -3.59. The molecule has 1 atom stereocenters. The van der Waals surface area contributed by atoms with Crippen molar-refractivity contribution in [1.29, 1.82) is 0 Å². The molecule has 0 spiro atoms. The second-order valence-corrected chi connectivity index (χ2v) is 7.94. The highest BCUT2D eigenvalue weighted by Gasteiger charge is 2.23. The molecule has 0 aliphatic carbocycles. The number of aromatic nitrogens is 3. The number of hydrogen-bond donors (Lipinski definition) is 1. The van der Waals surface area contributed by atoms with Crippen molar-refractivity contribution in [3.8, 4) is 0 Å². The number of halogens is 1. The molecule has 110 valence electrons. The number of aryl methyl sites for hydroxylation is 1. The average molecular weight is 335 g/mol. The van der Waals surface area contributed by atoms with Crippen molar-refractivity contribution in [1.82, 2.24) is 19.5 Å². The Labute approximate surface area is 126 Å². The van der Waals surface area contributed by atoms with E-state index in [4.69, 9.17) is 11.6 Å². The third-order valence-electron chi connectivity index (χ3n) is 2.64. The van der Waals surface area contributed by atoms with E-state index in [2.05, 4.69) is 14.9 Å². The van der Waals surface area contributed by atoms with Crippen molar-refractivity contribution in [3.63, 3.8) is 0 Å². The molecule has 0 fully saturated rings. The Morgan fingerprint density at radius 1 is 1.50 bits per heavy atom. The molecular formula is C11H15ClN4O2S2. The van der Waals surface area contributed by atoms with E-state index < -0.39 is 16.1 Å². The highest BCUT2D eigenvalue weighted by molar-refractivity contribution is 7.91. The number of nitrogens with one attached hydrogen (secondary N) is 1. The number of nitrogens with zero attached hydrogens (tertiary/aromatic N) is 3. The van der Waals surface area contributed by atoms with Gasteiger partial charge in [0.2, 0.25) is 0 Å². The van der Waals surface area contributed by atoms with E-state index in [0.717, 1.165) is 24.3 Å². The van der Waals surface area contributed by atoms with Crippen LogP contribution in [-0.4, -0.2) is 23.2 Å². The van der Waals surface area contributed by atoms with Crippen LogP contribution in [0.15, 0.2) is 22.7 Å². The molecule has 6 nitrogen and oxygen atoms in total. The van der Waals surface area contributed by atoms with E-state index >= 15 is 0 Å². The molecule has 0 bridgehead atoms. The SMILES string of the molecule is CCCn1cnnc1C(C)NS(=O)(=O)c1ccc(Cl)s1. The standard InChI is InChI=1S/C11H15ClN4O2S2/c1-3-6-16-7-13-14-11(16)8(2)15-20(17,18)10-5-4-9(12)19-10/h4-5,7-8,15H,3,6H2,1-2H3. The van der Waals surface area contributed by atoms with Gasteiger partial charge in [0.25, 0.3) is 10.0 Å². The number of sulfonamides is 1. The van der Waals surface area contributed by atoms with Crippen LogP contribution in [0.5, 0.6) is 0 Å². The zero-order chi connectivity index (χ0) is 14.8. The predicted molar refractivity (Wildman–Crippen MR) is 78.4 cm³/mol. The molecule has 2 aromatic rings. The van der Waals surface area contributed by atoms with E-state index in [-0.39, 0.29) is 4.21 Å². The summed E-state index contributed by atoms with van der Waals surface area (Å²) in [5.41, 5.74) is 0. The summed E-state index contributed by atoms with van der Waals surface area (Å²) in [7, 11) is -3.59. The highest BCUT2D eigenvalue weighted by atomic mass is 35.5. The van der Waals surface area contributed by atoms with Gasteiger partial charge < -0.3 is 4.57 Å². The fraction of sp³-hybridized carbons (Fsp3) is 0.455. The normalized spacial score (nSPS) is 13.6. The quantitative estimate of drug-likeness (QED) is 0.880. The van der Waals surface area contributed by atoms with Crippen molar-refractivity contribution in [2.45, 2.75) is 37.1 Å². The lowest BCUT2D eigenvalue weighted by Gasteiger charge is -2.13. The van der Waals surface area contributed by atoms with Crippen molar-refractivity contribution in [2.24, 2.45) is 0 Å². The van der Waals surface area contributed by atoms with E-state index in [1.54, 1.807) is 19.3 Å². The Hall–Kier alpha value is -0.960. The molecule has 0 aliphatic rings. The molecule has 0 aromatic carbocycles. The van der Waals surface area contributed by atoms with Gasteiger partial charge in [-0.25, -0.2) is 13.1 Å². The first-order valence-corrected chi connectivity index (χ1v) is 8.77. The third-order valence-corrected chi connectivity index (χ3v) is 5.91. The Morgan fingerprint density at radius 2 is 2.25 bits per heavy atom. The van der Waals surface area contributed by atoms with Gasteiger partial charge in [-0.2, -0.15) is 0 Å². The first-order valence-electron chi connectivity index (χ1n) is 6.09. The number of rotatable bonds is 6. The van der Waals surface area contributed by atoms with Gasteiger partial charge in [-0.05, 0) is 25.5 Å². The van der Waals surface area contributed by atoms with Crippen molar-refractivity contribution < 1.29 is 8.42 Å². The minimum Gasteiger partial charge on any atom is -0.316 e. The van der Waals surface area contributed by atoms with Crippen LogP contribution >= 0.6 is 22.9 Å². The summed E-state index contributed by atoms with van der Waals surface area (Å²) in [4.78, 5) is 0. The van der Waals surface area contributed by atoms with Crippen LogP contribution in [0.25, 0.3) is 0 Å². The Bertz CT molecular complexity index is 680. The second kappa shape index (κ2) is 6.21. The van der Waals surface area contributed by atoms with Gasteiger partial charge in [0.15, 0.2) is 5.82 Å². The lowest BCUT2D eigenvalue weighted by Crippen LogP contribution is -2.28. The summed E-state index contributed by atoms with van der Waals surface area (Å²) in [6.07, 6.45) is 2.52. The maximum Gasteiger partial charge on any atom is 0.250 e. The van der Waals surface area contributed by atoms with Crippen LogP contribution in [0, 0.1) is 0 Å². The minimum absolute atomic E-state index is 0.191. The zero-order valence-electron chi connectivity index (χ0n) is 11.1. The predicted octanol–water partition coefficient (Wildman–Crippen LogP) is 2.44. The van der Waals surface area contributed by atoms with E-state index in [1.165, 1.54) is 6.07 Å². The fourth-order valence-electron chi connectivity index (χ4n) is 1.80. The lowest BCUT2D eigenvalue weighted by molar-refractivity contribution is 0.541. The molecule has 0 saturated carbocycles. The average Bonchev–Trinajstić information content (AvgIpc) is 2.98. The molecule has 0 saturated heterocycles. The maximum absolute atomic E-state index is 12.2. The Kier molecular flexibility index (Phi) is 4.79. The smallest absolute Gasteiger partial charge is 0.250 e. The molecule has 0 radical (unpaired) electrons. The summed E-state index contributed by atoms with van der Waals surface area (Å²) in [6.45, 7) is 4.52. The summed E-state index contributed by atoms with van der Waals surface area (Å²) < 4.78 is 29.5. The van der Waals surface area contributed by atoms with Gasteiger partial charge in [-0.1, -0.05) is 18.5 Å². The van der Waals surface area contributed by atoms with Crippen LogP contribution in [0.4, 0.5) is 0 Å². The van der Waals surface area contributed by atoms with Gasteiger partial charge in [-0.3, -0.25) is 0 Å². The van der Waals surface area contributed by atoms with Crippen LogP contribution in [0.2, 0.25) is 4.34 Å². The van der Waals surface area contributed by atoms with E-state index in [0.29, 0.717) is 10.2 Å². The monoisotopic (exact) mass is 334 g/mol. The van der Waals surface area contributed by atoms with E-state index in [9.17, 15) is 8.42 Å². The second-order valence-electron chi connectivity index (χ2n) is 4.28. The first-order chi connectivity index (χ1) is 9.44. The van der Waals surface area contributed by atoms with Crippen LogP contribution in [-0.2, 0) is 16.6 Å². The van der Waals surface area contributed by atoms with Gasteiger partial charge in [0, 0.05) is 6.54 Å². The highest BCUT2D eigenvalue weighted by Crippen LogP contribution is 2.26. The summed E-state index contributed by atoms with van der Waals surface area (Å²) >= 11 is 6.79. The fourth-order valence-corrected chi connectivity index (χ4v) is 4.50. The van der Waals surface area contributed by atoms with Crippen molar-refractivity contribution in [2.75, 3.05) is 0 Å². The van der Waals surface area contributed by atoms with Gasteiger partial charge in [0.1, 0.15) is 10.5 Å². The molecule has 2 heterocycles. The van der Waals surface area contributed by atoms with Crippen LogP contribution < -0.4 is 4.72 Å². The molecule has 0 aliphatic heterocycles. The number of hydrogen-bond acceptors (Lipinski definition) is 5. The first kappa shape index (κ1) is 15.4. The molecule has 20 heavy (non-hydrogen) atoms. The van der Waals surface area contributed by atoms with Gasteiger partial charge in [0.05, 0.1) is 10.4 Å². The molecule has 1 unspecified atom stereocenters. The molecule has 2 rings (SSSR count).